The summed E-state index contributed by atoms with van der Waals surface area (Å²) in [6.07, 6.45) is 0.901. The minimum absolute atomic E-state index is 0.00117. The van der Waals surface area contributed by atoms with Crippen molar-refractivity contribution in [1.29, 1.82) is 0 Å². The van der Waals surface area contributed by atoms with E-state index in [1.165, 1.54) is 11.8 Å². The number of β-lactam (4-membered cyclic amide) rings is 1. The summed E-state index contributed by atoms with van der Waals surface area (Å²) < 4.78 is 9.57. The highest BCUT2D eigenvalue weighted by atomic mass is 32.2. The number of esters is 2. The molecule has 1 saturated heterocycles. The molecule has 0 aliphatic carbocycles. The number of carboxylic acids is 2. The Bertz CT molecular complexity index is 973. The lowest BCUT2D eigenvalue weighted by Gasteiger charge is -2.49. The fourth-order valence-corrected chi connectivity index (χ4v) is 4.86. The van der Waals surface area contributed by atoms with Crippen molar-refractivity contribution in [1.82, 2.24) is 15.5 Å². The van der Waals surface area contributed by atoms with E-state index in [9.17, 15) is 39.0 Å². The number of hydrogen-bond acceptors (Lipinski definition) is 10. The van der Waals surface area contributed by atoms with Crippen LogP contribution in [0.2, 0.25) is 0 Å². The third-order valence-corrected chi connectivity index (χ3v) is 6.72. The lowest BCUT2D eigenvalue weighted by Crippen LogP contribution is -2.70. The van der Waals surface area contributed by atoms with Crippen LogP contribution in [0.5, 0.6) is 0 Å². The normalized spacial score (nSPS) is 19.3. The van der Waals surface area contributed by atoms with Gasteiger partial charge < -0.3 is 30.3 Å². The van der Waals surface area contributed by atoms with Gasteiger partial charge in [-0.15, -0.1) is 11.8 Å². The Labute approximate surface area is 211 Å². The minimum atomic E-state index is -1.27. The first-order valence-corrected chi connectivity index (χ1v) is 12.3. The zero-order valence-electron chi connectivity index (χ0n) is 20.1. The lowest BCUT2D eigenvalue weighted by molar-refractivity contribution is -0.150. The molecule has 1 unspecified atom stereocenters. The van der Waals surface area contributed by atoms with E-state index in [0.29, 0.717) is 11.3 Å². The van der Waals surface area contributed by atoms with Crippen LogP contribution < -0.4 is 10.6 Å². The highest BCUT2D eigenvalue weighted by molar-refractivity contribution is 8.00. The zero-order valence-corrected chi connectivity index (χ0v) is 20.9. The highest BCUT2D eigenvalue weighted by Gasteiger charge is 2.53. The Hall–Kier alpha value is -3.55. The number of carbonyl (C=O) groups excluding carboxylic acids is 4. The molecule has 4 N–H and O–H groups in total. The van der Waals surface area contributed by atoms with Gasteiger partial charge in [-0.2, -0.15) is 0 Å². The van der Waals surface area contributed by atoms with Crippen LogP contribution >= 0.6 is 11.8 Å². The molecule has 0 bridgehead atoms. The Morgan fingerprint density at radius 1 is 1.14 bits per heavy atom. The van der Waals surface area contributed by atoms with Gasteiger partial charge in [-0.25, -0.2) is 19.2 Å². The van der Waals surface area contributed by atoms with Crippen LogP contribution in [0.1, 0.15) is 40.0 Å². The topological polar surface area (TPSA) is 189 Å². The predicted molar refractivity (Wildman–Crippen MR) is 125 cm³/mol. The lowest BCUT2D eigenvalue weighted by atomic mass is 10.0. The molecule has 2 rings (SSSR count). The van der Waals surface area contributed by atoms with Gasteiger partial charge in [-0.1, -0.05) is 0 Å². The van der Waals surface area contributed by atoms with E-state index in [1.54, 1.807) is 20.8 Å². The summed E-state index contributed by atoms with van der Waals surface area (Å²) in [7, 11) is 0. The molecular weight excluding hydrogens is 498 g/mol. The summed E-state index contributed by atoms with van der Waals surface area (Å²) in [4.78, 5) is 73.0. The van der Waals surface area contributed by atoms with Crippen LogP contribution in [0.15, 0.2) is 23.0 Å². The maximum absolute atomic E-state index is 12.4. The predicted octanol–water partition coefficient (Wildman–Crippen LogP) is -0.0319. The highest BCUT2D eigenvalue weighted by Crippen LogP contribution is 2.40. The van der Waals surface area contributed by atoms with Crippen molar-refractivity contribution in [3.05, 3.63) is 23.0 Å². The van der Waals surface area contributed by atoms with Crippen LogP contribution in [0.25, 0.3) is 0 Å². The van der Waals surface area contributed by atoms with Gasteiger partial charge >= 0.3 is 23.9 Å². The van der Waals surface area contributed by atoms with E-state index >= 15 is 0 Å². The Kier molecular flexibility index (Phi) is 10.3. The van der Waals surface area contributed by atoms with E-state index in [1.807, 2.05) is 0 Å². The molecule has 0 radical (unpaired) electrons. The van der Waals surface area contributed by atoms with Crippen molar-refractivity contribution in [3.63, 3.8) is 0 Å². The largest absolute Gasteiger partial charge is 0.480 e. The number of nitrogens with zero attached hydrogens (tertiary/aromatic N) is 1. The Balaban J connectivity index is 1.91. The van der Waals surface area contributed by atoms with Crippen LogP contribution in [0.4, 0.5) is 0 Å². The minimum Gasteiger partial charge on any atom is -0.480 e. The Morgan fingerprint density at radius 3 is 2.28 bits per heavy atom. The zero-order chi connectivity index (χ0) is 27.0. The third kappa shape index (κ3) is 6.77. The van der Waals surface area contributed by atoms with E-state index in [2.05, 4.69) is 10.6 Å². The van der Waals surface area contributed by atoms with Crippen molar-refractivity contribution in [2.45, 2.75) is 57.5 Å². The van der Waals surface area contributed by atoms with Crippen LogP contribution in [0.3, 0.4) is 0 Å². The van der Waals surface area contributed by atoms with Gasteiger partial charge in [0.05, 0.1) is 13.2 Å². The van der Waals surface area contributed by atoms with Gasteiger partial charge in [0, 0.05) is 18.4 Å². The van der Waals surface area contributed by atoms with Crippen LogP contribution in [-0.2, 0) is 38.2 Å². The van der Waals surface area contributed by atoms with E-state index < -0.39 is 58.7 Å². The average molecular weight is 528 g/mol. The number of carboxylic acid groups (broad SMARTS) is 2. The number of hydrogen-bond donors (Lipinski definition) is 4. The van der Waals surface area contributed by atoms with Crippen molar-refractivity contribution in [3.8, 4) is 0 Å². The molecule has 2 heterocycles. The molecule has 1 fully saturated rings. The van der Waals surface area contributed by atoms with Crippen LogP contribution in [0, 0.1) is 0 Å². The first kappa shape index (κ1) is 28.7. The molecular formula is C22H29N3O10S. The van der Waals surface area contributed by atoms with E-state index in [0.717, 1.165) is 11.1 Å². The molecule has 0 spiro atoms. The van der Waals surface area contributed by atoms with Gasteiger partial charge in [0.15, 0.2) is 5.57 Å². The first-order valence-electron chi connectivity index (χ1n) is 11.2. The number of aliphatic carboxylic acids is 2. The van der Waals surface area contributed by atoms with Crippen LogP contribution in [-0.4, -0.2) is 87.2 Å². The number of thioether (sulfide) groups is 1. The van der Waals surface area contributed by atoms with E-state index in [4.69, 9.17) is 9.47 Å². The number of nitrogens with one attached hydrogen (secondary N) is 2. The second-order valence-electron chi connectivity index (χ2n) is 7.84. The summed E-state index contributed by atoms with van der Waals surface area (Å²) in [5, 5.41) is 23.4. The molecule has 36 heavy (non-hydrogen) atoms. The standard InChI is InChI=1S/C22H29N3O10S/c1-4-34-21(32)12(22(33)35-5-2)9-23-13(19(28)29)7-6-8-14(26)24-15-17(27)25-16(20(30)31)11(3)10-36-18(15)25/h9,13,15,18,23H,4-8,10H2,1-3H3,(H,24,26)(H,28,29)(H,30,31)/t13?,15-,18-/m1/s1. The molecule has 2 aliphatic rings. The monoisotopic (exact) mass is 527 g/mol. The number of carbonyl (C=O) groups is 6. The number of amides is 2. The molecule has 14 heteroatoms. The smallest absolute Gasteiger partial charge is 0.352 e. The fraction of sp³-hybridized carbons (Fsp3) is 0.545. The molecule has 0 aromatic rings. The van der Waals surface area contributed by atoms with Gasteiger partial charge in [0.25, 0.3) is 5.91 Å². The van der Waals surface area contributed by atoms with Crippen molar-refractivity contribution >= 4 is 47.5 Å². The van der Waals surface area contributed by atoms with Crippen molar-refractivity contribution < 1.29 is 48.5 Å². The molecule has 0 aromatic carbocycles. The maximum Gasteiger partial charge on any atom is 0.352 e. The summed E-state index contributed by atoms with van der Waals surface area (Å²) in [6, 6.07) is -2.09. The van der Waals surface area contributed by atoms with Crippen molar-refractivity contribution in [2.24, 2.45) is 0 Å². The molecule has 13 nitrogen and oxygen atoms in total. The molecule has 2 aliphatic heterocycles. The first-order chi connectivity index (χ1) is 17.0. The maximum atomic E-state index is 12.4. The number of fused-ring (bicyclic) bond motifs is 1. The summed E-state index contributed by atoms with van der Waals surface area (Å²) in [5.41, 5.74) is 0.00522. The second kappa shape index (κ2) is 13.0. The molecule has 0 saturated carbocycles. The molecule has 198 valence electrons. The van der Waals surface area contributed by atoms with Crippen molar-refractivity contribution in [2.75, 3.05) is 19.0 Å². The van der Waals surface area contributed by atoms with Gasteiger partial charge in [0.1, 0.15) is 23.2 Å². The summed E-state index contributed by atoms with van der Waals surface area (Å²) in [5.74, 6) is -5.00. The summed E-state index contributed by atoms with van der Waals surface area (Å²) in [6.45, 7) is 4.73. The third-order valence-electron chi connectivity index (χ3n) is 5.29. The molecule has 0 aromatic heterocycles. The van der Waals surface area contributed by atoms with Gasteiger partial charge in [-0.05, 0) is 39.2 Å². The summed E-state index contributed by atoms with van der Waals surface area (Å²) >= 11 is 1.35. The molecule has 2 amide bonds. The average Bonchev–Trinajstić information content (AvgIpc) is 2.81. The fourth-order valence-electron chi connectivity index (χ4n) is 3.57. The quantitative estimate of drug-likeness (QED) is 0.0824. The second-order valence-corrected chi connectivity index (χ2v) is 8.94. The number of ether oxygens (including phenoxy) is 2. The molecule has 3 atom stereocenters. The van der Waals surface area contributed by atoms with E-state index in [-0.39, 0.29) is 38.2 Å². The number of rotatable bonds is 13. The SMILES string of the molecule is CCOC(=O)C(=CNC(CCCC(=O)N[C@@H]1C(=O)N2C(C(=O)O)=C(C)CS[C@H]12)C(=O)O)C(=O)OCC. The van der Waals surface area contributed by atoms with Gasteiger partial charge in [-0.3, -0.25) is 14.5 Å². The Morgan fingerprint density at radius 2 is 1.75 bits per heavy atom. The van der Waals surface area contributed by atoms with Gasteiger partial charge in [0.2, 0.25) is 5.91 Å².